The summed E-state index contributed by atoms with van der Waals surface area (Å²) in [5, 5.41) is 17.7. The quantitative estimate of drug-likeness (QED) is 0.360. The van der Waals surface area contributed by atoms with Crippen LogP contribution in [0.2, 0.25) is 0 Å². The molecule has 3 aromatic heterocycles. The first-order valence-electron chi connectivity index (χ1n) is 10.4. The van der Waals surface area contributed by atoms with E-state index in [4.69, 9.17) is 4.98 Å². The van der Waals surface area contributed by atoms with Crippen LogP contribution in [0, 0.1) is 17.8 Å². The number of fused-ring (bicyclic) bond motifs is 3. The predicted molar refractivity (Wildman–Crippen MR) is 123 cm³/mol. The van der Waals surface area contributed by atoms with Crippen molar-refractivity contribution in [3.05, 3.63) is 65.5 Å². The van der Waals surface area contributed by atoms with Crippen LogP contribution in [0.1, 0.15) is 6.42 Å². The van der Waals surface area contributed by atoms with Crippen LogP contribution in [-0.4, -0.2) is 41.9 Å². The lowest BCUT2D eigenvalue weighted by Gasteiger charge is -2.27. The van der Waals surface area contributed by atoms with E-state index in [9.17, 15) is 9.90 Å². The van der Waals surface area contributed by atoms with Crippen LogP contribution < -0.4 is 5.32 Å². The summed E-state index contributed by atoms with van der Waals surface area (Å²) < 4.78 is 2.56. The first-order valence-corrected chi connectivity index (χ1v) is 11.2. The van der Waals surface area contributed by atoms with Crippen molar-refractivity contribution in [1.82, 2.24) is 24.7 Å². The molecule has 0 amide bonds. The number of aromatic nitrogens is 5. The van der Waals surface area contributed by atoms with Crippen molar-refractivity contribution >= 4 is 38.8 Å². The van der Waals surface area contributed by atoms with Gasteiger partial charge in [0, 0.05) is 30.2 Å². The molecule has 1 fully saturated rings. The van der Waals surface area contributed by atoms with Gasteiger partial charge in [-0.2, -0.15) is 5.10 Å². The van der Waals surface area contributed by atoms with Crippen LogP contribution in [0.4, 0.5) is 5.69 Å². The number of imidazole rings is 1. The number of hydrogen-bond acceptors (Lipinski definition) is 5. The zero-order valence-electron chi connectivity index (χ0n) is 16.8. The summed E-state index contributed by atoms with van der Waals surface area (Å²) in [5.41, 5.74) is 3.87. The average molecular weight is 491 g/mol. The Morgan fingerprint density at radius 3 is 2.88 bits per heavy atom. The number of carboxylic acids is 1. The van der Waals surface area contributed by atoms with Crippen molar-refractivity contribution in [2.45, 2.75) is 12.5 Å². The summed E-state index contributed by atoms with van der Waals surface area (Å²) in [6, 6.07) is 9.57. The van der Waals surface area contributed by atoms with Gasteiger partial charge in [-0.3, -0.25) is 4.79 Å². The van der Waals surface area contributed by atoms with Gasteiger partial charge >= 0.3 is 5.97 Å². The van der Waals surface area contributed by atoms with Crippen molar-refractivity contribution in [2.75, 3.05) is 5.32 Å². The molecule has 32 heavy (non-hydrogen) atoms. The Hall–Kier alpha value is -3.46. The van der Waals surface area contributed by atoms with Gasteiger partial charge in [-0.05, 0) is 52.4 Å². The Bertz CT molecular complexity index is 1360. The maximum Gasteiger partial charge on any atom is 0.309 e. The zero-order chi connectivity index (χ0) is 21.8. The minimum atomic E-state index is -0.765. The number of aromatic amines is 1. The van der Waals surface area contributed by atoms with Crippen molar-refractivity contribution < 1.29 is 9.90 Å². The molecule has 1 aromatic carbocycles. The molecule has 6 rings (SSSR count). The Balaban J connectivity index is 1.44. The number of para-hydroxylation sites is 1. The number of nitrogens with one attached hydrogen (secondary N) is 2. The summed E-state index contributed by atoms with van der Waals surface area (Å²) in [6.45, 7) is 0. The van der Waals surface area contributed by atoms with Gasteiger partial charge in [0.05, 0.1) is 21.8 Å². The Morgan fingerprint density at radius 1 is 1.22 bits per heavy atom. The van der Waals surface area contributed by atoms with Gasteiger partial charge in [0.25, 0.3) is 0 Å². The van der Waals surface area contributed by atoms with E-state index in [-0.39, 0.29) is 17.9 Å². The third kappa shape index (κ3) is 2.96. The van der Waals surface area contributed by atoms with Crippen molar-refractivity contribution in [3.8, 4) is 17.1 Å². The third-order valence-electron chi connectivity index (χ3n) is 6.44. The van der Waals surface area contributed by atoms with Crippen LogP contribution in [0.3, 0.4) is 0 Å². The zero-order valence-corrected chi connectivity index (χ0v) is 18.4. The molecule has 3 N–H and O–H groups in total. The second-order valence-corrected chi connectivity index (χ2v) is 9.07. The number of rotatable bonds is 5. The highest BCUT2D eigenvalue weighted by molar-refractivity contribution is 9.10. The average Bonchev–Trinajstić information content (AvgIpc) is 3.58. The van der Waals surface area contributed by atoms with Crippen LogP contribution in [-0.2, 0) is 4.79 Å². The molecule has 0 unspecified atom stereocenters. The maximum absolute atomic E-state index is 12.0. The van der Waals surface area contributed by atoms with Crippen molar-refractivity contribution in [1.29, 1.82) is 0 Å². The monoisotopic (exact) mass is 490 g/mol. The second-order valence-electron chi connectivity index (χ2n) is 8.22. The number of pyridine rings is 1. The van der Waals surface area contributed by atoms with Crippen molar-refractivity contribution in [2.24, 2.45) is 17.8 Å². The molecule has 2 aliphatic carbocycles. The molecule has 8 nitrogen and oxygen atoms in total. The molecule has 0 saturated heterocycles. The topological polar surface area (TPSA) is 109 Å². The Labute approximate surface area is 191 Å². The van der Waals surface area contributed by atoms with Crippen LogP contribution in [0.25, 0.3) is 28.2 Å². The van der Waals surface area contributed by atoms with E-state index in [0.29, 0.717) is 11.5 Å². The van der Waals surface area contributed by atoms with Gasteiger partial charge in [-0.25, -0.2) is 14.6 Å². The van der Waals surface area contributed by atoms with E-state index in [1.807, 2.05) is 42.6 Å². The summed E-state index contributed by atoms with van der Waals surface area (Å²) in [4.78, 5) is 24.6. The number of aliphatic carboxylic acids is 1. The largest absolute Gasteiger partial charge is 0.481 e. The van der Waals surface area contributed by atoms with Gasteiger partial charge in [-0.15, -0.1) is 0 Å². The minimum Gasteiger partial charge on any atom is -0.481 e. The smallest absolute Gasteiger partial charge is 0.309 e. The molecule has 4 aromatic rings. The fraction of sp³-hybridized carbons (Fsp3) is 0.217. The number of nitrogens with zero attached hydrogens (tertiary/aromatic N) is 4. The third-order valence-corrected chi connectivity index (χ3v) is 7.04. The lowest BCUT2D eigenvalue weighted by Crippen LogP contribution is -2.37. The van der Waals surface area contributed by atoms with Crippen LogP contribution >= 0.6 is 15.9 Å². The van der Waals surface area contributed by atoms with E-state index in [0.717, 1.165) is 33.3 Å². The molecule has 2 aliphatic rings. The van der Waals surface area contributed by atoms with Gasteiger partial charge in [0.2, 0.25) is 0 Å². The first kappa shape index (κ1) is 19.2. The number of allylic oxidation sites excluding steroid dienone is 1. The fourth-order valence-electron chi connectivity index (χ4n) is 5.01. The van der Waals surface area contributed by atoms with Crippen LogP contribution in [0.5, 0.6) is 0 Å². The van der Waals surface area contributed by atoms with E-state index in [2.05, 4.69) is 42.4 Å². The SMILES string of the molecule is O=C(O)[C@@H]1[C@H](Nc2c(Br)cnc3nc(-c4ccccc4-n4cccn4)[nH]c23)[C@H]2C=C[C@@H]1C2. The van der Waals surface area contributed by atoms with E-state index >= 15 is 0 Å². The minimum absolute atomic E-state index is 0.0735. The molecule has 3 heterocycles. The predicted octanol–water partition coefficient (Wildman–Crippen LogP) is 4.26. The molecule has 9 heteroatoms. The Morgan fingerprint density at radius 2 is 2.06 bits per heavy atom. The van der Waals surface area contributed by atoms with E-state index < -0.39 is 11.9 Å². The molecular formula is C23H19BrN6O2. The molecule has 0 spiro atoms. The van der Waals surface area contributed by atoms with Gasteiger partial charge in [0.15, 0.2) is 5.65 Å². The lowest BCUT2D eigenvalue weighted by molar-refractivity contribution is -0.142. The molecule has 0 aliphatic heterocycles. The number of hydrogen-bond donors (Lipinski definition) is 3. The van der Waals surface area contributed by atoms with E-state index in [1.54, 1.807) is 17.1 Å². The highest BCUT2D eigenvalue weighted by Crippen LogP contribution is 2.46. The molecule has 4 atom stereocenters. The van der Waals surface area contributed by atoms with E-state index in [1.165, 1.54) is 0 Å². The Kier molecular flexibility index (Phi) is 4.39. The molecular weight excluding hydrogens is 472 g/mol. The highest BCUT2D eigenvalue weighted by Gasteiger charge is 2.48. The number of carboxylic acid groups (broad SMARTS) is 1. The number of anilines is 1. The summed E-state index contributed by atoms with van der Waals surface area (Å²) in [7, 11) is 0. The van der Waals surface area contributed by atoms with Crippen LogP contribution in [0.15, 0.2) is 65.5 Å². The molecule has 2 bridgehead atoms. The first-order chi connectivity index (χ1) is 15.6. The highest BCUT2D eigenvalue weighted by atomic mass is 79.9. The molecule has 160 valence electrons. The summed E-state index contributed by atoms with van der Waals surface area (Å²) >= 11 is 3.59. The standard InChI is InChI=1S/C23H19BrN6O2/c24-15-11-25-22-20(19(15)27-18-13-7-6-12(10-13)17(18)23(31)32)28-21(29-22)14-4-1-2-5-16(14)30-9-3-8-26-30/h1-9,11-13,17-18H,10H2,(H,31,32)(H2,25,27,28,29)/t12-,13+,17+,18-/m1/s1. The molecule has 1 saturated carbocycles. The number of carbonyl (C=O) groups is 1. The fourth-order valence-corrected chi connectivity index (χ4v) is 5.42. The maximum atomic E-state index is 12.0. The second kappa shape index (κ2) is 7.30. The van der Waals surface area contributed by atoms with Gasteiger partial charge in [0.1, 0.15) is 11.3 Å². The van der Waals surface area contributed by atoms with Gasteiger partial charge in [-0.1, -0.05) is 24.3 Å². The molecule has 0 radical (unpaired) electrons. The number of halogens is 1. The normalized spacial score (nSPS) is 23.8. The summed E-state index contributed by atoms with van der Waals surface area (Å²) in [6.07, 6.45) is 10.4. The number of benzene rings is 1. The lowest BCUT2D eigenvalue weighted by atomic mass is 9.89. The summed E-state index contributed by atoms with van der Waals surface area (Å²) in [5.74, 6) is -0.284. The number of H-pyrrole nitrogens is 1. The van der Waals surface area contributed by atoms with Gasteiger partial charge < -0.3 is 15.4 Å². The van der Waals surface area contributed by atoms with Crippen molar-refractivity contribution in [3.63, 3.8) is 0 Å².